The van der Waals surface area contributed by atoms with Gasteiger partial charge >= 0.3 is 0 Å². The first kappa shape index (κ1) is 7.87. The fraction of sp³-hybridized carbons (Fsp3) is 0.500. The van der Waals surface area contributed by atoms with Crippen LogP contribution in [0, 0.1) is 0 Å². The summed E-state index contributed by atoms with van der Waals surface area (Å²) in [6, 6.07) is 6.57. The number of halogens is 1. The third-order valence-corrected chi connectivity index (χ3v) is 3.53. The molecular weight excluding hydrogens is 180 g/mol. The van der Waals surface area contributed by atoms with E-state index in [9.17, 15) is 0 Å². The number of benzene rings is 1. The molecule has 0 aliphatic heterocycles. The SMILES string of the molecule is Clc1c(C2CC2)cccc1C1CC1. The average molecular weight is 193 g/mol. The lowest BCUT2D eigenvalue weighted by Gasteiger charge is -2.07. The van der Waals surface area contributed by atoms with E-state index >= 15 is 0 Å². The van der Waals surface area contributed by atoms with E-state index in [1.165, 1.54) is 36.8 Å². The van der Waals surface area contributed by atoms with E-state index in [0.29, 0.717) is 0 Å². The molecule has 1 aromatic rings. The molecular formula is C12H13Cl. The van der Waals surface area contributed by atoms with Crippen LogP contribution in [0.1, 0.15) is 48.6 Å². The molecule has 3 rings (SSSR count). The molecule has 2 fully saturated rings. The maximum atomic E-state index is 6.38. The van der Waals surface area contributed by atoms with E-state index in [4.69, 9.17) is 11.6 Å². The molecule has 0 atom stereocenters. The molecule has 2 saturated carbocycles. The molecule has 1 aromatic carbocycles. The summed E-state index contributed by atoms with van der Waals surface area (Å²) in [5, 5.41) is 1.08. The van der Waals surface area contributed by atoms with Gasteiger partial charge in [0.15, 0.2) is 0 Å². The Bertz CT molecular complexity index is 305. The van der Waals surface area contributed by atoms with Crippen LogP contribution in [0.3, 0.4) is 0 Å². The molecule has 2 aliphatic carbocycles. The molecule has 2 aliphatic rings. The lowest BCUT2D eigenvalue weighted by Crippen LogP contribution is -1.87. The molecule has 0 unspecified atom stereocenters. The van der Waals surface area contributed by atoms with Gasteiger partial charge < -0.3 is 0 Å². The minimum atomic E-state index is 0.784. The predicted octanol–water partition coefficient (Wildman–Crippen LogP) is 4.09. The standard InChI is InChI=1S/C12H13Cl/c13-12-10(8-4-5-8)2-1-3-11(12)9-6-7-9/h1-3,8-9H,4-7H2. The van der Waals surface area contributed by atoms with Crippen molar-refractivity contribution in [3.8, 4) is 0 Å². The Hall–Kier alpha value is -0.490. The molecule has 0 aromatic heterocycles. The first-order chi connectivity index (χ1) is 6.36. The topological polar surface area (TPSA) is 0 Å². The van der Waals surface area contributed by atoms with Gasteiger partial charge in [0.05, 0.1) is 0 Å². The fourth-order valence-electron chi connectivity index (χ4n) is 1.99. The normalized spacial score (nSPS) is 21.9. The highest BCUT2D eigenvalue weighted by atomic mass is 35.5. The molecule has 0 saturated heterocycles. The highest BCUT2D eigenvalue weighted by molar-refractivity contribution is 6.32. The highest BCUT2D eigenvalue weighted by Crippen LogP contribution is 2.49. The van der Waals surface area contributed by atoms with Gasteiger partial charge in [-0.3, -0.25) is 0 Å². The monoisotopic (exact) mass is 192 g/mol. The number of hydrogen-bond acceptors (Lipinski definition) is 0. The van der Waals surface area contributed by atoms with E-state index in [1.54, 1.807) is 0 Å². The first-order valence-electron chi connectivity index (χ1n) is 5.14. The molecule has 0 bridgehead atoms. The van der Waals surface area contributed by atoms with Crippen LogP contribution >= 0.6 is 11.6 Å². The Balaban J connectivity index is 2.04. The van der Waals surface area contributed by atoms with Crippen LogP contribution in [-0.4, -0.2) is 0 Å². The Morgan fingerprint density at radius 2 is 1.38 bits per heavy atom. The predicted molar refractivity (Wildman–Crippen MR) is 55.4 cm³/mol. The Morgan fingerprint density at radius 1 is 0.923 bits per heavy atom. The van der Waals surface area contributed by atoms with Crippen molar-refractivity contribution >= 4 is 11.6 Å². The van der Waals surface area contributed by atoms with Crippen LogP contribution in [0.4, 0.5) is 0 Å². The largest absolute Gasteiger partial charge is 0.0837 e. The quantitative estimate of drug-likeness (QED) is 0.662. The minimum absolute atomic E-state index is 0.784. The Kier molecular flexibility index (Phi) is 1.66. The second-order valence-electron chi connectivity index (χ2n) is 4.30. The summed E-state index contributed by atoms with van der Waals surface area (Å²) in [6.07, 6.45) is 5.36. The Morgan fingerprint density at radius 3 is 1.77 bits per heavy atom. The maximum Gasteiger partial charge on any atom is 0.0475 e. The fourth-order valence-corrected chi connectivity index (χ4v) is 2.42. The molecule has 0 nitrogen and oxygen atoms in total. The Labute approximate surface area is 83.9 Å². The van der Waals surface area contributed by atoms with Crippen LogP contribution in [0.15, 0.2) is 18.2 Å². The van der Waals surface area contributed by atoms with Crippen molar-refractivity contribution in [3.63, 3.8) is 0 Å². The van der Waals surface area contributed by atoms with Crippen molar-refractivity contribution in [1.82, 2.24) is 0 Å². The molecule has 68 valence electrons. The summed E-state index contributed by atoms with van der Waals surface area (Å²) in [5.74, 6) is 1.57. The van der Waals surface area contributed by atoms with Crippen molar-refractivity contribution in [2.75, 3.05) is 0 Å². The van der Waals surface area contributed by atoms with Gasteiger partial charge in [-0.1, -0.05) is 29.8 Å². The molecule has 13 heavy (non-hydrogen) atoms. The molecule has 0 heterocycles. The van der Waals surface area contributed by atoms with Gasteiger partial charge in [-0.2, -0.15) is 0 Å². The van der Waals surface area contributed by atoms with Crippen molar-refractivity contribution in [1.29, 1.82) is 0 Å². The second-order valence-corrected chi connectivity index (χ2v) is 4.68. The van der Waals surface area contributed by atoms with Crippen molar-refractivity contribution in [2.24, 2.45) is 0 Å². The van der Waals surface area contributed by atoms with E-state index in [2.05, 4.69) is 18.2 Å². The third-order valence-electron chi connectivity index (χ3n) is 3.09. The van der Waals surface area contributed by atoms with Gasteiger partial charge in [-0.15, -0.1) is 0 Å². The zero-order valence-corrected chi connectivity index (χ0v) is 8.35. The summed E-state index contributed by atoms with van der Waals surface area (Å²) in [5.41, 5.74) is 2.82. The van der Waals surface area contributed by atoms with Crippen LogP contribution in [0.2, 0.25) is 5.02 Å². The molecule has 1 heteroatoms. The van der Waals surface area contributed by atoms with Crippen LogP contribution < -0.4 is 0 Å². The zero-order chi connectivity index (χ0) is 8.84. The van der Waals surface area contributed by atoms with E-state index in [-0.39, 0.29) is 0 Å². The third kappa shape index (κ3) is 1.38. The van der Waals surface area contributed by atoms with E-state index < -0.39 is 0 Å². The smallest absolute Gasteiger partial charge is 0.0475 e. The minimum Gasteiger partial charge on any atom is -0.0837 e. The van der Waals surface area contributed by atoms with Crippen LogP contribution in [0.25, 0.3) is 0 Å². The summed E-state index contributed by atoms with van der Waals surface area (Å²) in [7, 11) is 0. The molecule has 0 amide bonds. The lowest BCUT2D eigenvalue weighted by molar-refractivity contribution is 1.07. The summed E-state index contributed by atoms with van der Waals surface area (Å²) < 4.78 is 0. The van der Waals surface area contributed by atoms with Gasteiger partial charge in [-0.25, -0.2) is 0 Å². The van der Waals surface area contributed by atoms with Crippen LogP contribution in [-0.2, 0) is 0 Å². The van der Waals surface area contributed by atoms with Gasteiger partial charge in [0.25, 0.3) is 0 Å². The van der Waals surface area contributed by atoms with E-state index in [0.717, 1.165) is 16.9 Å². The van der Waals surface area contributed by atoms with Gasteiger partial charge in [0.2, 0.25) is 0 Å². The number of rotatable bonds is 2. The molecule has 0 N–H and O–H groups in total. The summed E-state index contributed by atoms with van der Waals surface area (Å²) >= 11 is 6.38. The van der Waals surface area contributed by atoms with Crippen molar-refractivity contribution in [3.05, 3.63) is 34.3 Å². The van der Waals surface area contributed by atoms with Crippen LogP contribution in [0.5, 0.6) is 0 Å². The first-order valence-corrected chi connectivity index (χ1v) is 5.52. The molecule has 0 radical (unpaired) electrons. The maximum absolute atomic E-state index is 6.38. The van der Waals surface area contributed by atoms with Gasteiger partial charge in [0, 0.05) is 5.02 Å². The van der Waals surface area contributed by atoms with Crippen molar-refractivity contribution in [2.45, 2.75) is 37.5 Å². The lowest BCUT2D eigenvalue weighted by atomic mass is 10.0. The highest BCUT2D eigenvalue weighted by Gasteiger charge is 2.30. The van der Waals surface area contributed by atoms with E-state index in [1.807, 2.05) is 0 Å². The summed E-state index contributed by atoms with van der Waals surface area (Å²) in [6.45, 7) is 0. The zero-order valence-electron chi connectivity index (χ0n) is 7.59. The summed E-state index contributed by atoms with van der Waals surface area (Å²) in [4.78, 5) is 0. The average Bonchev–Trinajstić information content (AvgIpc) is 3.00. The van der Waals surface area contributed by atoms with Crippen molar-refractivity contribution < 1.29 is 0 Å². The second kappa shape index (κ2) is 2.75. The number of hydrogen-bond donors (Lipinski definition) is 0. The molecule has 0 spiro atoms. The van der Waals surface area contributed by atoms with Gasteiger partial charge in [-0.05, 0) is 48.6 Å². The van der Waals surface area contributed by atoms with Gasteiger partial charge in [0.1, 0.15) is 0 Å².